The first-order valence-corrected chi connectivity index (χ1v) is 11.0. The van der Waals surface area contributed by atoms with Crippen molar-refractivity contribution in [1.29, 1.82) is 0 Å². The maximum atomic E-state index is 13.4. The minimum atomic E-state index is -4.49. The largest absolute Gasteiger partial charge is 0.459 e. The van der Waals surface area contributed by atoms with E-state index in [0.717, 1.165) is 23.3 Å². The summed E-state index contributed by atoms with van der Waals surface area (Å²) in [5.41, 5.74) is 1.72. The van der Waals surface area contributed by atoms with E-state index < -0.39 is 11.7 Å². The Kier molecular flexibility index (Phi) is 6.44. The molecule has 2 N–H and O–H groups in total. The number of anilines is 2. The average molecular weight is 494 g/mol. The number of nitrogens with one attached hydrogen (secondary N) is 2. The van der Waals surface area contributed by atoms with Crippen LogP contribution in [0.5, 0.6) is 0 Å². The van der Waals surface area contributed by atoms with Gasteiger partial charge in [0.1, 0.15) is 6.26 Å². The number of benzene rings is 2. The molecule has 184 valence electrons. The van der Waals surface area contributed by atoms with E-state index >= 15 is 0 Å². The van der Waals surface area contributed by atoms with Crippen LogP contribution in [0.1, 0.15) is 16.7 Å². The summed E-state index contributed by atoms with van der Waals surface area (Å²) >= 11 is 0. The van der Waals surface area contributed by atoms with Crippen LogP contribution in [0.15, 0.2) is 85.2 Å². The van der Waals surface area contributed by atoms with Crippen molar-refractivity contribution >= 4 is 11.6 Å². The fraction of sp³-hybridized carbons (Fsp3) is 0.160. The van der Waals surface area contributed by atoms with Crippen LogP contribution in [0, 0.1) is 0 Å². The third kappa shape index (κ3) is 5.24. The minimum Gasteiger partial charge on any atom is -0.459 e. The van der Waals surface area contributed by atoms with E-state index in [1.165, 1.54) is 12.3 Å². The van der Waals surface area contributed by atoms with Crippen molar-refractivity contribution in [1.82, 2.24) is 20.2 Å². The third-order valence-corrected chi connectivity index (χ3v) is 5.43. The summed E-state index contributed by atoms with van der Waals surface area (Å²) in [6, 6.07) is 16.7. The van der Waals surface area contributed by atoms with Gasteiger partial charge in [-0.3, -0.25) is 15.0 Å². The number of pyridine rings is 1. The van der Waals surface area contributed by atoms with E-state index in [1.54, 1.807) is 23.4 Å². The molecule has 2 aromatic heterocycles. The predicted molar refractivity (Wildman–Crippen MR) is 126 cm³/mol. The van der Waals surface area contributed by atoms with Gasteiger partial charge in [0.05, 0.1) is 12.1 Å². The Morgan fingerprint density at radius 2 is 1.86 bits per heavy atom. The molecule has 0 atom stereocenters. The average Bonchev–Trinajstić information content (AvgIpc) is 3.60. The quantitative estimate of drug-likeness (QED) is 0.343. The van der Waals surface area contributed by atoms with Gasteiger partial charge in [-0.2, -0.15) is 18.2 Å². The van der Waals surface area contributed by atoms with E-state index in [2.05, 4.69) is 25.5 Å². The van der Waals surface area contributed by atoms with Crippen molar-refractivity contribution in [2.45, 2.75) is 19.3 Å². The fourth-order valence-electron chi connectivity index (χ4n) is 3.66. The summed E-state index contributed by atoms with van der Waals surface area (Å²) in [5, 5.41) is 10.2. The molecule has 1 aliphatic heterocycles. The topological polar surface area (TPSA) is 88.2 Å². The lowest BCUT2D eigenvalue weighted by atomic mass is 10.1. The van der Waals surface area contributed by atoms with Crippen molar-refractivity contribution in [3.05, 3.63) is 102 Å². The van der Waals surface area contributed by atoms with Gasteiger partial charge in [0, 0.05) is 30.2 Å². The number of hydrogen-bond acceptors (Lipinski definition) is 7. The molecular weight excluding hydrogens is 473 g/mol. The third-order valence-electron chi connectivity index (χ3n) is 5.43. The molecule has 4 aromatic rings. The summed E-state index contributed by atoms with van der Waals surface area (Å²) in [6.45, 7) is 0.743. The molecule has 0 amide bonds. The second kappa shape index (κ2) is 9.98. The van der Waals surface area contributed by atoms with Crippen molar-refractivity contribution in [3.63, 3.8) is 0 Å². The van der Waals surface area contributed by atoms with E-state index in [-0.39, 0.29) is 25.0 Å². The summed E-state index contributed by atoms with van der Waals surface area (Å²) in [4.78, 5) is 10.3. The molecule has 0 fully saturated rings. The second-order valence-electron chi connectivity index (χ2n) is 7.91. The number of alkyl halides is 3. The molecule has 0 unspecified atom stereocenters. The molecule has 36 heavy (non-hydrogen) atoms. The van der Waals surface area contributed by atoms with Crippen LogP contribution in [-0.2, 0) is 28.7 Å². The molecule has 0 spiro atoms. The van der Waals surface area contributed by atoms with Crippen molar-refractivity contribution < 1.29 is 22.6 Å². The number of aromatic amines is 1. The van der Waals surface area contributed by atoms with E-state index in [1.807, 2.05) is 36.4 Å². The Bertz CT molecular complexity index is 1340. The maximum absolute atomic E-state index is 13.4. The first-order valence-electron chi connectivity index (χ1n) is 11.0. The molecule has 2 aromatic carbocycles. The van der Waals surface area contributed by atoms with Crippen LogP contribution < -0.4 is 10.2 Å². The molecule has 3 heterocycles. The molecule has 0 radical (unpaired) electrons. The first kappa shape index (κ1) is 23.2. The Hall–Kier alpha value is -4.54. The van der Waals surface area contributed by atoms with Crippen molar-refractivity contribution in [3.8, 4) is 11.4 Å². The van der Waals surface area contributed by atoms with Crippen molar-refractivity contribution in [2.24, 2.45) is 0 Å². The van der Waals surface area contributed by atoms with Gasteiger partial charge in [-0.05, 0) is 35.4 Å². The molecule has 0 saturated heterocycles. The number of H-pyrrole nitrogens is 1. The molecule has 8 nitrogen and oxygen atoms in total. The normalized spacial score (nSPS) is 13.0. The molecule has 11 heteroatoms. The summed E-state index contributed by atoms with van der Waals surface area (Å²) in [5.74, 6) is 1.00. The van der Waals surface area contributed by atoms with Crippen LogP contribution in [-0.4, -0.2) is 27.0 Å². The number of ether oxygens (including phenoxy) is 2. The van der Waals surface area contributed by atoms with Crippen molar-refractivity contribution in [2.75, 3.05) is 17.0 Å². The minimum absolute atomic E-state index is 0.0687. The monoisotopic (exact) mass is 494 g/mol. The van der Waals surface area contributed by atoms with Crippen LogP contribution in [0.4, 0.5) is 24.8 Å². The first-order chi connectivity index (χ1) is 17.5. The zero-order chi connectivity index (χ0) is 25.0. The van der Waals surface area contributed by atoms with Crippen LogP contribution in [0.25, 0.3) is 11.4 Å². The van der Waals surface area contributed by atoms with Gasteiger partial charge in [-0.1, -0.05) is 36.4 Å². The zero-order valence-electron chi connectivity index (χ0n) is 18.9. The summed E-state index contributed by atoms with van der Waals surface area (Å²) in [6.07, 6.45) is 0.253. The van der Waals surface area contributed by atoms with Crippen LogP contribution >= 0.6 is 0 Å². The maximum Gasteiger partial charge on any atom is 0.416 e. The Labute approximate surface area is 204 Å². The second-order valence-corrected chi connectivity index (χ2v) is 7.91. The number of aromatic nitrogens is 4. The molecule has 1 aliphatic rings. The Morgan fingerprint density at radius 1 is 1.03 bits per heavy atom. The molecule has 0 saturated carbocycles. The van der Waals surface area contributed by atoms with Gasteiger partial charge in [0.15, 0.2) is 5.82 Å². The van der Waals surface area contributed by atoms with Gasteiger partial charge in [0.25, 0.3) is 5.95 Å². The highest BCUT2D eigenvalue weighted by molar-refractivity contribution is 5.75. The van der Waals surface area contributed by atoms with Crippen LogP contribution in [0.3, 0.4) is 0 Å². The van der Waals surface area contributed by atoms with Gasteiger partial charge in [-0.15, -0.1) is 5.10 Å². The summed E-state index contributed by atoms with van der Waals surface area (Å²) < 4.78 is 51.1. The van der Waals surface area contributed by atoms with Gasteiger partial charge in [0.2, 0.25) is 12.7 Å². The predicted octanol–water partition coefficient (Wildman–Crippen LogP) is 5.31. The molecule has 0 aliphatic carbocycles. The molecular formula is C25H21F3N6O2. The van der Waals surface area contributed by atoms with E-state index in [0.29, 0.717) is 23.8 Å². The smallest absolute Gasteiger partial charge is 0.416 e. The lowest BCUT2D eigenvalue weighted by Crippen LogP contribution is -2.23. The zero-order valence-corrected chi connectivity index (χ0v) is 18.9. The molecule has 0 bridgehead atoms. The lowest BCUT2D eigenvalue weighted by Gasteiger charge is -2.20. The van der Waals surface area contributed by atoms with E-state index in [4.69, 9.17) is 9.47 Å². The van der Waals surface area contributed by atoms with Crippen LogP contribution in [0.2, 0.25) is 0 Å². The number of halogens is 3. The highest BCUT2D eigenvalue weighted by Gasteiger charge is 2.31. The number of rotatable bonds is 8. The Balaban J connectivity index is 1.47. The Morgan fingerprint density at radius 3 is 2.58 bits per heavy atom. The fourth-order valence-corrected chi connectivity index (χ4v) is 3.66. The van der Waals surface area contributed by atoms with E-state index in [9.17, 15) is 13.2 Å². The highest BCUT2D eigenvalue weighted by atomic mass is 19.4. The lowest BCUT2D eigenvalue weighted by molar-refractivity contribution is -0.137. The van der Waals surface area contributed by atoms with Gasteiger partial charge >= 0.3 is 6.18 Å². The number of hydrogen-bond donors (Lipinski definition) is 2. The molecule has 5 rings (SSSR count). The highest BCUT2D eigenvalue weighted by Crippen LogP contribution is 2.36. The van der Waals surface area contributed by atoms with Gasteiger partial charge in [-0.25, -0.2) is 0 Å². The standard InChI is InChI=1S/C25H21F3N6O2/c26-25(27,28)19-8-9-20(21(11-19)30-13-18-7-4-10-29-12-18)23-31-24(33-32-23)34(22-15-35-16-36-22)14-17-5-2-1-3-6-17/h1-12,15,30H,13-14,16H2,(H,31,32,33). The summed E-state index contributed by atoms with van der Waals surface area (Å²) in [7, 11) is 0. The SMILES string of the molecule is FC(F)(F)c1ccc(-c2nc(N(Cc3ccccc3)C3=COCO3)n[nH]2)c(NCc2cccnc2)c1. The van der Waals surface area contributed by atoms with Gasteiger partial charge < -0.3 is 14.8 Å². The number of nitrogens with zero attached hydrogens (tertiary/aromatic N) is 4.